The third-order valence-electron chi connectivity index (χ3n) is 10.2. The van der Waals surface area contributed by atoms with Crippen LogP contribution in [0.25, 0.3) is 0 Å². The van der Waals surface area contributed by atoms with Gasteiger partial charge in [-0.25, -0.2) is 4.98 Å². The third kappa shape index (κ3) is 11.7. The normalized spacial score (nSPS) is 23.1. The molecule has 1 fully saturated rings. The highest BCUT2D eigenvalue weighted by Gasteiger charge is 2.39. The van der Waals surface area contributed by atoms with E-state index in [-0.39, 0.29) is 31.2 Å². The Morgan fingerprint density at radius 2 is 1.71 bits per heavy atom. The molecule has 19 heteroatoms. The van der Waals surface area contributed by atoms with Crippen LogP contribution in [-0.2, 0) is 46.4 Å². The van der Waals surface area contributed by atoms with Crippen LogP contribution in [0.15, 0.2) is 36.8 Å². The van der Waals surface area contributed by atoms with E-state index < -0.39 is 90.3 Å². The van der Waals surface area contributed by atoms with Crippen molar-refractivity contribution in [2.75, 3.05) is 19.7 Å². The first kappa shape index (κ1) is 43.2. The summed E-state index contributed by atoms with van der Waals surface area (Å²) < 4.78 is 5.62. The second-order valence-electron chi connectivity index (χ2n) is 14.7. The molecule has 4 heterocycles. The molecule has 19 nitrogen and oxygen atoms in total. The molecule has 1 saturated heterocycles. The van der Waals surface area contributed by atoms with Crippen molar-refractivity contribution in [1.29, 1.82) is 0 Å². The van der Waals surface area contributed by atoms with Crippen LogP contribution in [0, 0.1) is 11.8 Å². The Morgan fingerprint density at radius 1 is 1.00 bits per heavy atom. The van der Waals surface area contributed by atoms with Crippen LogP contribution in [0.2, 0.25) is 0 Å². The predicted octanol–water partition coefficient (Wildman–Crippen LogP) is -2.49. The number of β-amino-alcohol motifs (C(OH)–C–C–N with tert-alkyl or cyclic N) is 1. The Hall–Kier alpha value is -5.56. The monoisotopic (exact) mass is 782 g/mol. The van der Waals surface area contributed by atoms with Gasteiger partial charge in [-0.3, -0.25) is 38.5 Å². The first-order valence-electron chi connectivity index (χ1n) is 18.8. The lowest BCUT2D eigenvalue weighted by molar-refractivity contribution is -0.137. The number of benzene rings is 1. The van der Waals surface area contributed by atoms with E-state index in [9.17, 15) is 38.7 Å². The molecule has 0 unspecified atom stereocenters. The molecule has 8 atom stereocenters. The minimum atomic E-state index is -1.89. The first-order valence-corrected chi connectivity index (χ1v) is 18.8. The number of nitrogens with zero attached hydrogens (tertiary/aromatic N) is 2. The van der Waals surface area contributed by atoms with Gasteiger partial charge in [0.1, 0.15) is 23.9 Å². The number of H-pyrrole nitrogens is 1. The Balaban J connectivity index is 1.55. The van der Waals surface area contributed by atoms with Crippen molar-refractivity contribution in [3.8, 4) is 5.75 Å². The summed E-state index contributed by atoms with van der Waals surface area (Å²) in [5.74, 6) is -5.59. The highest BCUT2D eigenvalue weighted by Crippen LogP contribution is 2.21. The average molecular weight is 783 g/mol. The quantitative estimate of drug-likeness (QED) is 0.0714. The smallest absolute Gasteiger partial charge is 0.258 e. The zero-order chi connectivity index (χ0) is 41.1. The molecule has 3 aliphatic heterocycles. The van der Waals surface area contributed by atoms with Gasteiger partial charge in [-0.15, -0.1) is 0 Å². The number of hydrogen-bond acceptors (Lipinski definition) is 11. The average Bonchev–Trinajstić information content (AvgIpc) is 3.85. The molecule has 0 radical (unpaired) electrons. The Bertz CT molecular complexity index is 1700. The van der Waals surface area contributed by atoms with Crippen molar-refractivity contribution >= 4 is 41.4 Å². The van der Waals surface area contributed by atoms with E-state index in [0.29, 0.717) is 42.8 Å². The third-order valence-corrected chi connectivity index (χ3v) is 10.2. The molecule has 306 valence electrons. The summed E-state index contributed by atoms with van der Waals surface area (Å²) in [6.45, 7) is 7.07. The Labute approximate surface area is 324 Å². The summed E-state index contributed by atoms with van der Waals surface area (Å²) in [6.07, 6.45) is 3.08. The zero-order valence-corrected chi connectivity index (χ0v) is 32.1. The fourth-order valence-corrected chi connectivity index (χ4v) is 6.71. The van der Waals surface area contributed by atoms with Crippen LogP contribution in [0.1, 0.15) is 58.2 Å². The standard InChI is InChI=1S/C37H54N10O9/c1-5-20(4)30(36(54)44-29(19(2)3)32(38)50)45-35(53)26-7-6-12-47(26)16-27(48)24-13-21-8-10-23(11-9-21)56-17-28(49)42-25(14-22-15-40-18-41-22)34(52)46-31(33(39)51)37(55)43-24/h8-11,15,18-20,24-27,29-31,48H,5-7,12-14,16-17H2,1-4H3,(H2,38,50)(H2,39,51)(H,40,41)(H,42,49)(H,43,55)(H,44,54)(H,45,53)(H,46,52)/t20-,24-,25-,26-,27-,29-,30-,31-/m0/s1. The fourth-order valence-electron chi connectivity index (χ4n) is 6.71. The first-order chi connectivity index (χ1) is 26.6. The second-order valence-corrected chi connectivity index (χ2v) is 14.7. The molecule has 2 aromatic rings. The molecule has 0 aliphatic carbocycles. The number of hydrogen-bond donors (Lipinski definition) is 9. The molecule has 7 amide bonds. The molecule has 1 aromatic heterocycles. The number of amides is 7. The van der Waals surface area contributed by atoms with E-state index in [2.05, 4.69) is 36.6 Å². The van der Waals surface area contributed by atoms with Crippen molar-refractivity contribution in [3.05, 3.63) is 48.0 Å². The number of nitrogens with two attached hydrogens (primary N) is 2. The molecule has 11 N–H and O–H groups in total. The number of fused-ring (bicyclic) bond motifs is 13. The van der Waals surface area contributed by atoms with E-state index in [4.69, 9.17) is 16.2 Å². The highest BCUT2D eigenvalue weighted by molar-refractivity contribution is 6.07. The number of ether oxygens (including phenoxy) is 1. The Kier molecular flexibility index (Phi) is 15.3. The number of aliphatic hydroxyl groups excluding tert-OH is 1. The van der Waals surface area contributed by atoms with Crippen LogP contribution >= 0.6 is 0 Å². The maximum absolute atomic E-state index is 13.8. The number of aromatic amines is 1. The van der Waals surface area contributed by atoms with Gasteiger partial charge >= 0.3 is 0 Å². The molecule has 56 heavy (non-hydrogen) atoms. The number of nitrogens with one attached hydrogen (secondary N) is 6. The molecular weight excluding hydrogens is 728 g/mol. The van der Waals surface area contributed by atoms with Crippen molar-refractivity contribution in [1.82, 2.24) is 41.5 Å². The van der Waals surface area contributed by atoms with E-state index in [1.54, 1.807) is 43.0 Å². The van der Waals surface area contributed by atoms with Gasteiger partial charge in [0, 0.05) is 24.9 Å². The molecule has 3 aliphatic rings. The molecule has 2 bridgehead atoms. The van der Waals surface area contributed by atoms with Gasteiger partial charge in [0.2, 0.25) is 29.5 Å². The van der Waals surface area contributed by atoms with Gasteiger partial charge in [0.25, 0.3) is 11.8 Å². The van der Waals surface area contributed by atoms with Crippen LogP contribution in [0.3, 0.4) is 0 Å². The van der Waals surface area contributed by atoms with Crippen molar-refractivity contribution in [2.45, 2.75) is 102 Å². The minimum absolute atomic E-state index is 0.0490. The number of rotatable bonds is 14. The lowest BCUT2D eigenvalue weighted by atomic mass is 9.96. The number of primary amides is 2. The maximum atomic E-state index is 13.8. The Morgan fingerprint density at radius 3 is 2.32 bits per heavy atom. The SMILES string of the molecule is CC[C@H](C)[C@H](NC(=O)[C@@H]1CCCN1C[C@H](O)[C@@H]1Cc2ccc(cc2)OCC(=O)N[C@@H](Cc2cnc[nH]2)C(=O)N[C@@H](C(N)=O)C(=O)N1)C(=O)N[C@H](C(N)=O)C(C)C. The summed E-state index contributed by atoms with van der Waals surface area (Å²) in [5.41, 5.74) is 12.2. The number of carbonyl (C=O) groups is 7. The van der Waals surface area contributed by atoms with Crippen molar-refractivity contribution in [2.24, 2.45) is 23.3 Å². The lowest BCUT2D eigenvalue weighted by Crippen LogP contribution is -2.62. The summed E-state index contributed by atoms with van der Waals surface area (Å²) in [6, 6.07) is -0.231. The van der Waals surface area contributed by atoms with E-state index in [1.165, 1.54) is 12.5 Å². The fraction of sp³-hybridized carbons (Fsp3) is 0.568. The van der Waals surface area contributed by atoms with Gasteiger partial charge in [0.05, 0.1) is 24.5 Å². The minimum Gasteiger partial charge on any atom is -0.484 e. The number of aromatic nitrogens is 2. The van der Waals surface area contributed by atoms with Gasteiger partial charge in [-0.1, -0.05) is 46.2 Å². The van der Waals surface area contributed by atoms with Crippen LogP contribution in [-0.4, -0.2) is 123 Å². The lowest BCUT2D eigenvalue weighted by Gasteiger charge is -2.33. The summed E-state index contributed by atoms with van der Waals surface area (Å²) >= 11 is 0. The van der Waals surface area contributed by atoms with Gasteiger partial charge in [-0.05, 0) is 55.3 Å². The van der Waals surface area contributed by atoms with Gasteiger partial charge < -0.3 is 52.9 Å². The number of imidazole rings is 1. The summed E-state index contributed by atoms with van der Waals surface area (Å²) in [7, 11) is 0. The summed E-state index contributed by atoms with van der Waals surface area (Å²) in [5, 5.41) is 24.8. The van der Waals surface area contributed by atoms with Crippen LogP contribution in [0.4, 0.5) is 0 Å². The van der Waals surface area contributed by atoms with Crippen LogP contribution in [0.5, 0.6) is 5.75 Å². The predicted molar refractivity (Wildman–Crippen MR) is 201 cm³/mol. The molecule has 5 rings (SSSR count). The van der Waals surface area contributed by atoms with Crippen molar-refractivity contribution in [3.63, 3.8) is 0 Å². The second kappa shape index (κ2) is 19.9. The molecule has 0 saturated carbocycles. The van der Waals surface area contributed by atoms with E-state index >= 15 is 0 Å². The van der Waals surface area contributed by atoms with E-state index in [0.717, 1.165) is 0 Å². The van der Waals surface area contributed by atoms with Gasteiger partial charge in [-0.2, -0.15) is 0 Å². The van der Waals surface area contributed by atoms with Gasteiger partial charge in [0.15, 0.2) is 12.6 Å². The number of likely N-dealkylation sites (tertiary alicyclic amines) is 1. The zero-order valence-electron chi connectivity index (χ0n) is 32.1. The topological polar surface area (TPSA) is 293 Å². The van der Waals surface area contributed by atoms with Crippen LogP contribution < -0.4 is 42.8 Å². The molecular formula is C37H54N10O9. The van der Waals surface area contributed by atoms with E-state index in [1.807, 2.05) is 13.8 Å². The summed E-state index contributed by atoms with van der Waals surface area (Å²) in [4.78, 5) is 100. The number of carbonyl (C=O) groups excluding carboxylic acids is 7. The van der Waals surface area contributed by atoms with Crippen molar-refractivity contribution < 1.29 is 43.4 Å². The molecule has 1 aromatic carbocycles. The number of aliphatic hydroxyl groups is 1. The highest BCUT2D eigenvalue weighted by atomic mass is 16.5. The largest absolute Gasteiger partial charge is 0.484 e. The molecule has 0 spiro atoms. The maximum Gasteiger partial charge on any atom is 0.258 e.